The molecule has 0 saturated carbocycles. The van der Waals surface area contributed by atoms with E-state index < -0.39 is 23.5 Å². The highest BCUT2D eigenvalue weighted by atomic mass is 32.2. The van der Waals surface area contributed by atoms with Crippen LogP contribution in [0, 0.1) is 21.6 Å². The minimum Gasteiger partial charge on any atom is -0.292 e. The summed E-state index contributed by atoms with van der Waals surface area (Å²) < 4.78 is 82.0. The predicted molar refractivity (Wildman–Crippen MR) is 209 cm³/mol. The van der Waals surface area contributed by atoms with E-state index in [1.54, 1.807) is 24.3 Å². The average Bonchev–Trinajstić information content (AvgIpc) is 3.19. The number of halogens is 6. The maximum absolute atomic E-state index is 13.7. The van der Waals surface area contributed by atoms with Crippen LogP contribution in [0.2, 0.25) is 0 Å². The molecular weight excluding hydrogens is 771 g/mol. The second kappa shape index (κ2) is 15.1. The molecular formula is C40H24F6N8S2. The lowest BCUT2D eigenvalue weighted by Crippen LogP contribution is -2.09. The lowest BCUT2D eigenvalue weighted by molar-refractivity contribution is -0.137. The molecule has 4 aromatic heterocycles. The van der Waals surface area contributed by atoms with Crippen molar-refractivity contribution < 1.29 is 26.3 Å². The molecule has 3 aromatic carbocycles. The van der Waals surface area contributed by atoms with Gasteiger partial charge in [-0.2, -0.15) is 26.3 Å². The molecule has 0 bridgehead atoms. The van der Waals surface area contributed by atoms with Crippen LogP contribution in [0.15, 0.2) is 121 Å². The highest BCUT2D eigenvalue weighted by molar-refractivity contribution is 8.27. The van der Waals surface area contributed by atoms with Gasteiger partial charge in [0.1, 0.15) is 20.2 Å². The van der Waals surface area contributed by atoms with Crippen molar-refractivity contribution in [2.45, 2.75) is 12.4 Å². The Kier molecular flexibility index (Phi) is 10.3. The third-order valence-electron chi connectivity index (χ3n) is 8.37. The monoisotopic (exact) mass is 794 g/mol. The van der Waals surface area contributed by atoms with E-state index in [-0.39, 0.29) is 65.5 Å². The zero-order valence-electron chi connectivity index (χ0n) is 28.4. The molecule has 0 radical (unpaired) electrons. The van der Waals surface area contributed by atoms with Crippen LogP contribution in [0.3, 0.4) is 0 Å². The van der Waals surface area contributed by atoms with Crippen molar-refractivity contribution in [3.8, 4) is 22.5 Å². The molecule has 0 fully saturated rings. The fourth-order valence-corrected chi connectivity index (χ4v) is 7.04. The summed E-state index contributed by atoms with van der Waals surface area (Å²) in [6, 6.07) is 29.1. The van der Waals surface area contributed by atoms with Gasteiger partial charge in [0.25, 0.3) is 0 Å². The Morgan fingerprint density at radius 3 is 1.11 bits per heavy atom. The van der Waals surface area contributed by atoms with Crippen LogP contribution in [0.4, 0.5) is 26.3 Å². The zero-order chi connectivity index (χ0) is 39.8. The minimum atomic E-state index is -4.61. The molecule has 56 heavy (non-hydrogen) atoms. The number of thioether (sulfide) groups is 2. The van der Waals surface area contributed by atoms with E-state index in [2.05, 4.69) is 19.9 Å². The molecule has 0 aliphatic heterocycles. The van der Waals surface area contributed by atoms with Crippen molar-refractivity contribution in [3.05, 3.63) is 155 Å². The van der Waals surface area contributed by atoms with Gasteiger partial charge in [0.05, 0.1) is 56.3 Å². The van der Waals surface area contributed by atoms with Crippen molar-refractivity contribution in [2.24, 2.45) is 0 Å². The first-order valence-corrected chi connectivity index (χ1v) is 18.0. The first-order valence-electron chi connectivity index (χ1n) is 16.4. The molecule has 4 N–H and O–H groups in total. The highest BCUT2D eigenvalue weighted by Crippen LogP contribution is 2.38. The van der Waals surface area contributed by atoms with Crippen LogP contribution in [0.5, 0.6) is 0 Å². The molecule has 0 aliphatic carbocycles. The summed E-state index contributed by atoms with van der Waals surface area (Å²) in [6.45, 7) is 0. The molecule has 7 rings (SSSR count). The van der Waals surface area contributed by atoms with E-state index >= 15 is 0 Å². The van der Waals surface area contributed by atoms with Gasteiger partial charge in [-0.05, 0) is 72.1 Å². The highest BCUT2D eigenvalue weighted by Gasteiger charge is 2.34. The molecule has 16 heteroatoms. The smallest absolute Gasteiger partial charge is 0.292 e. The number of nitrogens with zero attached hydrogens (tertiary/aromatic N) is 4. The van der Waals surface area contributed by atoms with Gasteiger partial charge >= 0.3 is 12.4 Å². The van der Waals surface area contributed by atoms with Crippen LogP contribution in [0.25, 0.3) is 44.3 Å². The summed E-state index contributed by atoms with van der Waals surface area (Å²) in [5.74, 6) is 0. The summed E-state index contributed by atoms with van der Waals surface area (Å²) in [5, 5.41) is 35.5. The number of benzene rings is 3. The predicted octanol–water partition coefficient (Wildman–Crippen LogP) is 11.1. The van der Waals surface area contributed by atoms with Crippen LogP contribution >= 0.6 is 23.5 Å². The van der Waals surface area contributed by atoms with Crippen LogP contribution in [-0.2, 0) is 12.4 Å². The van der Waals surface area contributed by atoms with Crippen molar-refractivity contribution in [1.82, 2.24) is 19.9 Å². The van der Waals surface area contributed by atoms with Gasteiger partial charge in [0.2, 0.25) is 0 Å². The summed E-state index contributed by atoms with van der Waals surface area (Å²) in [4.78, 5) is 17.9. The number of rotatable bonds is 6. The Balaban J connectivity index is 1.12. The largest absolute Gasteiger partial charge is 0.417 e. The van der Waals surface area contributed by atoms with Gasteiger partial charge in [-0.1, -0.05) is 72.8 Å². The molecule has 4 heterocycles. The Bertz CT molecular complexity index is 2550. The first-order chi connectivity index (χ1) is 26.7. The standard InChI is InChI=1S/C40H24F6N8S2/c41-39(42,43)25-9-3-1-7-23(25)27-11-5-13-29(51-27)35(47)55-37(49)31-19-17-21-15-16-22-18-20-32(54-34(22)33(21)53-31)38(50)56-36(48)30-14-6-12-28(52-30)24-8-2-4-10-26(24)40(44,45)46/h1-20,47-50H. The normalized spacial score (nSPS) is 11.8. The van der Waals surface area contributed by atoms with E-state index in [1.807, 2.05) is 12.1 Å². The van der Waals surface area contributed by atoms with Gasteiger partial charge in [0.15, 0.2) is 0 Å². The van der Waals surface area contributed by atoms with Gasteiger partial charge in [0, 0.05) is 21.9 Å². The number of nitrogens with one attached hydrogen (secondary N) is 4. The van der Waals surface area contributed by atoms with Crippen LogP contribution in [0.1, 0.15) is 33.9 Å². The number of hydrogen-bond acceptors (Lipinski definition) is 10. The molecule has 0 unspecified atom stereocenters. The zero-order valence-corrected chi connectivity index (χ0v) is 30.1. The lowest BCUT2D eigenvalue weighted by atomic mass is 10.0. The topological polar surface area (TPSA) is 147 Å². The Hall–Kier alpha value is -6.26. The van der Waals surface area contributed by atoms with E-state index in [4.69, 9.17) is 21.6 Å². The Labute approximate surface area is 322 Å². The van der Waals surface area contributed by atoms with E-state index in [9.17, 15) is 26.3 Å². The Morgan fingerprint density at radius 1 is 0.393 bits per heavy atom. The third kappa shape index (κ3) is 7.92. The molecule has 278 valence electrons. The van der Waals surface area contributed by atoms with Gasteiger partial charge in [-0.15, -0.1) is 0 Å². The van der Waals surface area contributed by atoms with Crippen molar-refractivity contribution in [1.29, 1.82) is 21.6 Å². The minimum absolute atomic E-state index is 0.0276. The number of hydrogen-bond donors (Lipinski definition) is 4. The quantitative estimate of drug-likeness (QED) is 0.0570. The number of alkyl halides is 6. The van der Waals surface area contributed by atoms with Crippen molar-refractivity contribution in [2.75, 3.05) is 0 Å². The summed E-state index contributed by atoms with van der Waals surface area (Å²) in [7, 11) is 0. The van der Waals surface area contributed by atoms with Crippen molar-refractivity contribution >= 4 is 65.5 Å². The SMILES string of the molecule is N=C(SC(=N)c1ccc2ccc3ccc(C(=N)SC(=N)c4cccc(-c5ccccc5C(F)(F)F)n4)nc3c2n1)c1cccc(-c2ccccc2C(F)(F)F)n1. The molecule has 0 saturated heterocycles. The fraction of sp³-hybridized carbons (Fsp3) is 0.0500. The van der Waals surface area contributed by atoms with Crippen LogP contribution < -0.4 is 0 Å². The average molecular weight is 795 g/mol. The Morgan fingerprint density at radius 2 is 0.732 bits per heavy atom. The number of fused-ring (bicyclic) bond motifs is 3. The first kappa shape index (κ1) is 38.0. The van der Waals surface area contributed by atoms with Gasteiger partial charge in [-0.3, -0.25) is 21.6 Å². The third-order valence-corrected chi connectivity index (χ3v) is 10.0. The molecule has 0 spiro atoms. The van der Waals surface area contributed by atoms with E-state index in [0.29, 0.717) is 21.8 Å². The maximum Gasteiger partial charge on any atom is 0.417 e. The number of aromatic nitrogens is 4. The van der Waals surface area contributed by atoms with Crippen LogP contribution in [-0.4, -0.2) is 40.1 Å². The molecule has 0 aliphatic rings. The van der Waals surface area contributed by atoms with Crippen molar-refractivity contribution in [3.63, 3.8) is 0 Å². The second-order valence-corrected chi connectivity index (χ2v) is 14.1. The van der Waals surface area contributed by atoms with E-state index in [1.165, 1.54) is 72.8 Å². The summed E-state index contributed by atoms with van der Waals surface area (Å²) in [5.41, 5.74) is -0.614. The fourth-order valence-electron chi connectivity index (χ4n) is 5.76. The lowest BCUT2D eigenvalue weighted by Gasteiger charge is -2.13. The number of pyridine rings is 4. The second-order valence-electron chi connectivity index (χ2n) is 12.0. The molecule has 7 aromatic rings. The molecule has 8 nitrogen and oxygen atoms in total. The van der Waals surface area contributed by atoms with Gasteiger partial charge < -0.3 is 0 Å². The summed E-state index contributed by atoms with van der Waals surface area (Å²) in [6.07, 6.45) is -9.21. The summed E-state index contributed by atoms with van der Waals surface area (Å²) >= 11 is 1.45. The molecule has 0 atom stereocenters. The van der Waals surface area contributed by atoms with E-state index in [0.717, 1.165) is 35.7 Å². The van der Waals surface area contributed by atoms with Gasteiger partial charge in [-0.25, -0.2) is 19.9 Å². The molecule has 0 amide bonds. The maximum atomic E-state index is 13.7.